The lowest BCUT2D eigenvalue weighted by Crippen LogP contribution is -1.91. The van der Waals surface area contributed by atoms with E-state index < -0.39 is 0 Å². The Balaban J connectivity index is 0. The summed E-state index contributed by atoms with van der Waals surface area (Å²) in [4.78, 5) is 8.25. The second kappa shape index (κ2) is 9.17. The van der Waals surface area contributed by atoms with Gasteiger partial charge in [0.2, 0.25) is 0 Å². The molecule has 0 bridgehead atoms. The Bertz CT molecular complexity index is 169. The molecule has 2 heteroatoms. The summed E-state index contributed by atoms with van der Waals surface area (Å²) in [5.74, 6) is 0.854. The van der Waals surface area contributed by atoms with Gasteiger partial charge >= 0.3 is 0 Å². The first-order valence-corrected chi connectivity index (χ1v) is 4.97. The van der Waals surface area contributed by atoms with Gasteiger partial charge in [0.1, 0.15) is 5.82 Å². The molecule has 0 atom stereocenters. The summed E-state index contributed by atoms with van der Waals surface area (Å²) in [5.41, 5.74) is 2.08. The molecule has 1 aromatic heterocycles. The standard InChI is InChI=1S/C7H10N2.2C2H6/c1-5-4-6(2)9-7(3)8-5;2*1-2/h4H,1-3H3;2*1-2H3. The molecular weight excluding hydrogens is 160 g/mol. The van der Waals surface area contributed by atoms with Crippen molar-refractivity contribution in [1.82, 2.24) is 9.97 Å². The molecule has 0 unspecified atom stereocenters. The van der Waals surface area contributed by atoms with Crippen LogP contribution in [0.2, 0.25) is 0 Å². The number of rotatable bonds is 0. The van der Waals surface area contributed by atoms with Gasteiger partial charge in [0.15, 0.2) is 0 Å². The summed E-state index contributed by atoms with van der Waals surface area (Å²) in [6, 6.07) is 1.97. The normalized spacial score (nSPS) is 7.62. The second-order valence-electron chi connectivity index (χ2n) is 2.20. The molecule has 13 heavy (non-hydrogen) atoms. The zero-order valence-corrected chi connectivity index (χ0v) is 9.97. The molecule has 1 aromatic rings. The molecule has 0 amide bonds. The van der Waals surface area contributed by atoms with Crippen LogP contribution in [-0.4, -0.2) is 9.97 Å². The molecule has 0 aliphatic rings. The monoisotopic (exact) mass is 182 g/mol. The SMILES string of the molecule is CC.CC.Cc1cc(C)nc(C)n1. The smallest absolute Gasteiger partial charge is 0.125 e. The van der Waals surface area contributed by atoms with Gasteiger partial charge in [0.25, 0.3) is 0 Å². The average molecular weight is 182 g/mol. The number of aryl methyl sites for hydroxylation is 3. The minimum absolute atomic E-state index is 0.854. The van der Waals surface area contributed by atoms with Crippen molar-refractivity contribution in [3.63, 3.8) is 0 Å². The third-order valence-corrected chi connectivity index (χ3v) is 1.09. The van der Waals surface area contributed by atoms with E-state index >= 15 is 0 Å². The van der Waals surface area contributed by atoms with Crippen molar-refractivity contribution >= 4 is 0 Å². The maximum absolute atomic E-state index is 4.12. The Morgan fingerprint density at radius 1 is 0.769 bits per heavy atom. The van der Waals surface area contributed by atoms with Crippen molar-refractivity contribution in [2.45, 2.75) is 48.5 Å². The van der Waals surface area contributed by atoms with Crippen LogP contribution in [0, 0.1) is 20.8 Å². The Labute approximate surface area is 82.4 Å². The number of hydrogen-bond donors (Lipinski definition) is 0. The fourth-order valence-corrected chi connectivity index (χ4v) is 0.902. The topological polar surface area (TPSA) is 25.8 Å². The Kier molecular flexibility index (Phi) is 10.3. The fraction of sp³-hybridized carbons (Fsp3) is 0.636. The van der Waals surface area contributed by atoms with Crippen molar-refractivity contribution in [1.29, 1.82) is 0 Å². The predicted octanol–water partition coefficient (Wildman–Crippen LogP) is 3.45. The van der Waals surface area contributed by atoms with Crippen LogP contribution < -0.4 is 0 Å². The van der Waals surface area contributed by atoms with E-state index in [2.05, 4.69) is 9.97 Å². The molecule has 0 aromatic carbocycles. The highest BCUT2D eigenvalue weighted by Crippen LogP contribution is 1.96. The van der Waals surface area contributed by atoms with Gasteiger partial charge < -0.3 is 0 Å². The molecule has 76 valence electrons. The quantitative estimate of drug-likeness (QED) is 0.614. The first-order chi connectivity index (χ1) is 6.18. The first-order valence-electron chi connectivity index (χ1n) is 4.97. The molecule has 0 fully saturated rings. The van der Waals surface area contributed by atoms with Gasteiger partial charge in [-0.1, -0.05) is 27.7 Å². The summed E-state index contributed by atoms with van der Waals surface area (Å²) in [7, 11) is 0. The van der Waals surface area contributed by atoms with Gasteiger partial charge in [-0.05, 0) is 26.8 Å². The second-order valence-corrected chi connectivity index (χ2v) is 2.20. The molecule has 0 N–H and O–H groups in total. The van der Waals surface area contributed by atoms with E-state index in [9.17, 15) is 0 Å². The zero-order valence-electron chi connectivity index (χ0n) is 9.97. The highest BCUT2D eigenvalue weighted by molar-refractivity contribution is 5.07. The van der Waals surface area contributed by atoms with E-state index in [0.717, 1.165) is 17.2 Å². The molecule has 0 radical (unpaired) electrons. The number of nitrogens with zero attached hydrogens (tertiary/aromatic N) is 2. The van der Waals surface area contributed by atoms with Crippen LogP contribution in [0.1, 0.15) is 44.9 Å². The van der Waals surface area contributed by atoms with Crippen LogP contribution in [0.15, 0.2) is 6.07 Å². The molecule has 2 nitrogen and oxygen atoms in total. The lowest BCUT2D eigenvalue weighted by Gasteiger charge is -1.95. The summed E-state index contributed by atoms with van der Waals surface area (Å²) < 4.78 is 0. The molecule has 1 rings (SSSR count). The first kappa shape index (κ1) is 14.6. The Morgan fingerprint density at radius 3 is 1.31 bits per heavy atom. The van der Waals surface area contributed by atoms with Gasteiger partial charge in [-0.3, -0.25) is 0 Å². The summed E-state index contributed by atoms with van der Waals surface area (Å²) in [5, 5.41) is 0. The van der Waals surface area contributed by atoms with Crippen LogP contribution in [-0.2, 0) is 0 Å². The lowest BCUT2D eigenvalue weighted by atomic mass is 10.3. The fourth-order valence-electron chi connectivity index (χ4n) is 0.902. The maximum atomic E-state index is 4.12. The molecule has 0 spiro atoms. The molecule has 0 saturated carbocycles. The van der Waals surface area contributed by atoms with E-state index in [1.807, 2.05) is 54.5 Å². The summed E-state index contributed by atoms with van der Waals surface area (Å²) >= 11 is 0. The van der Waals surface area contributed by atoms with Crippen LogP contribution >= 0.6 is 0 Å². The van der Waals surface area contributed by atoms with Crippen LogP contribution in [0.3, 0.4) is 0 Å². The zero-order chi connectivity index (χ0) is 10.9. The molecule has 0 saturated heterocycles. The number of hydrogen-bond acceptors (Lipinski definition) is 2. The Hall–Kier alpha value is -0.920. The van der Waals surface area contributed by atoms with E-state index in [1.165, 1.54) is 0 Å². The molecule has 0 aliphatic carbocycles. The van der Waals surface area contributed by atoms with E-state index in [-0.39, 0.29) is 0 Å². The predicted molar refractivity (Wildman–Crippen MR) is 58.9 cm³/mol. The molecule has 0 aliphatic heterocycles. The molecule has 1 heterocycles. The highest BCUT2D eigenvalue weighted by Gasteiger charge is 1.90. The average Bonchev–Trinajstić information content (AvgIpc) is 2.09. The third kappa shape index (κ3) is 7.44. The minimum Gasteiger partial charge on any atom is -0.239 e. The largest absolute Gasteiger partial charge is 0.239 e. The van der Waals surface area contributed by atoms with Gasteiger partial charge in [0, 0.05) is 11.4 Å². The van der Waals surface area contributed by atoms with Crippen molar-refractivity contribution in [2.24, 2.45) is 0 Å². The van der Waals surface area contributed by atoms with E-state index in [0.29, 0.717) is 0 Å². The van der Waals surface area contributed by atoms with Crippen molar-refractivity contribution in [3.8, 4) is 0 Å². The van der Waals surface area contributed by atoms with Crippen LogP contribution in [0.25, 0.3) is 0 Å². The van der Waals surface area contributed by atoms with Gasteiger partial charge in [-0.15, -0.1) is 0 Å². The van der Waals surface area contributed by atoms with Crippen molar-refractivity contribution in [3.05, 3.63) is 23.3 Å². The maximum Gasteiger partial charge on any atom is 0.125 e. The van der Waals surface area contributed by atoms with E-state index in [1.54, 1.807) is 0 Å². The lowest BCUT2D eigenvalue weighted by molar-refractivity contribution is 0.976. The highest BCUT2D eigenvalue weighted by atomic mass is 14.9. The van der Waals surface area contributed by atoms with E-state index in [4.69, 9.17) is 0 Å². The summed E-state index contributed by atoms with van der Waals surface area (Å²) in [6.07, 6.45) is 0. The minimum atomic E-state index is 0.854. The summed E-state index contributed by atoms with van der Waals surface area (Å²) in [6.45, 7) is 13.9. The molecular formula is C11H22N2. The van der Waals surface area contributed by atoms with Crippen molar-refractivity contribution in [2.75, 3.05) is 0 Å². The Morgan fingerprint density at radius 2 is 1.08 bits per heavy atom. The van der Waals surface area contributed by atoms with Gasteiger partial charge in [0.05, 0.1) is 0 Å². The van der Waals surface area contributed by atoms with Gasteiger partial charge in [-0.25, -0.2) is 9.97 Å². The van der Waals surface area contributed by atoms with Gasteiger partial charge in [-0.2, -0.15) is 0 Å². The van der Waals surface area contributed by atoms with Crippen molar-refractivity contribution < 1.29 is 0 Å². The third-order valence-electron chi connectivity index (χ3n) is 1.09. The number of aromatic nitrogens is 2. The van der Waals surface area contributed by atoms with Crippen LogP contribution in [0.4, 0.5) is 0 Å². The van der Waals surface area contributed by atoms with Crippen LogP contribution in [0.5, 0.6) is 0 Å².